The first kappa shape index (κ1) is 12.6. The molecule has 3 N–H and O–H groups in total. The number of hydrogen-bond acceptors (Lipinski definition) is 3. The summed E-state index contributed by atoms with van der Waals surface area (Å²) in [7, 11) is 1.65. The predicted molar refractivity (Wildman–Crippen MR) is 67.0 cm³/mol. The van der Waals surface area contributed by atoms with Gasteiger partial charge in [0.1, 0.15) is 5.82 Å². The number of hydrogen-bond donors (Lipinski definition) is 2. The molecule has 2 aromatic rings. The van der Waals surface area contributed by atoms with Gasteiger partial charge < -0.3 is 11.1 Å². The molecule has 0 unspecified atom stereocenters. The Labute approximate surface area is 107 Å². The molecule has 96 valence electrons. The van der Waals surface area contributed by atoms with Crippen LogP contribution < -0.4 is 11.1 Å². The minimum absolute atomic E-state index is 0.0345. The zero-order valence-electron chi connectivity index (χ0n) is 9.76. The van der Waals surface area contributed by atoms with E-state index < -0.39 is 11.6 Å². The normalized spacial score (nSPS) is 10.7. The van der Waals surface area contributed by atoms with Crippen molar-refractivity contribution in [1.82, 2.24) is 9.78 Å². The van der Waals surface area contributed by atoms with Crippen LogP contribution in [0.4, 0.5) is 26.0 Å². The van der Waals surface area contributed by atoms with Crippen LogP contribution in [0, 0.1) is 18.6 Å². The lowest BCUT2D eigenvalue weighted by Crippen LogP contribution is -2.03. The van der Waals surface area contributed by atoms with Crippen molar-refractivity contribution in [2.45, 2.75) is 6.92 Å². The van der Waals surface area contributed by atoms with Gasteiger partial charge in [0.05, 0.1) is 22.1 Å². The Morgan fingerprint density at radius 2 is 2.06 bits per heavy atom. The van der Waals surface area contributed by atoms with Crippen LogP contribution in [-0.2, 0) is 7.05 Å². The molecule has 0 bridgehead atoms. The number of nitrogens with one attached hydrogen (secondary N) is 1. The van der Waals surface area contributed by atoms with Crippen molar-refractivity contribution in [3.8, 4) is 0 Å². The standard InChI is InChI=1S/C11H11ClF2N4/c1-5-9(15)11(18(2)17-5)16-10-7(12)3-6(13)4-8(10)14/h3-4,16H,15H2,1-2H3. The van der Waals surface area contributed by atoms with Crippen LogP contribution in [0.2, 0.25) is 5.02 Å². The average Bonchev–Trinajstić information content (AvgIpc) is 2.48. The van der Waals surface area contributed by atoms with Crippen molar-refractivity contribution in [1.29, 1.82) is 0 Å². The summed E-state index contributed by atoms with van der Waals surface area (Å²) in [5, 5.41) is 6.74. The van der Waals surface area contributed by atoms with Gasteiger partial charge >= 0.3 is 0 Å². The number of nitrogens with zero attached hydrogens (tertiary/aromatic N) is 2. The van der Waals surface area contributed by atoms with Crippen LogP contribution in [0.15, 0.2) is 12.1 Å². The Bertz CT molecular complexity index is 586. The molecule has 0 radical (unpaired) electrons. The Hall–Kier alpha value is -1.82. The zero-order chi connectivity index (χ0) is 13.4. The summed E-state index contributed by atoms with van der Waals surface area (Å²) in [5.41, 5.74) is 6.76. The monoisotopic (exact) mass is 272 g/mol. The second-order valence-electron chi connectivity index (χ2n) is 3.84. The van der Waals surface area contributed by atoms with Crippen LogP contribution in [0.5, 0.6) is 0 Å². The van der Waals surface area contributed by atoms with Gasteiger partial charge in [-0.05, 0) is 13.0 Å². The highest BCUT2D eigenvalue weighted by Crippen LogP contribution is 2.32. The molecular formula is C11H11ClF2N4. The highest BCUT2D eigenvalue weighted by atomic mass is 35.5. The minimum atomic E-state index is -0.793. The molecule has 7 heteroatoms. The van der Waals surface area contributed by atoms with Gasteiger partial charge in [0, 0.05) is 13.1 Å². The fourth-order valence-electron chi connectivity index (χ4n) is 1.60. The van der Waals surface area contributed by atoms with Gasteiger partial charge in [-0.25, -0.2) is 8.78 Å². The van der Waals surface area contributed by atoms with Crippen molar-refractivity contribution in [3.63, 3.8) is 0 Å². The molecule has 0 amide bonds. The lowest BCUT2D eigenvalue weighted by molar-refractivity contribution is 0.586. The number of aromatic nitrogens is 2. The Morgan fingerprint density at radius 3 is 2.56 bits per heavy atom. The van der Waals surface area contributed by atoms with Gasteiger partial charge in [0.25, 0.3) is 0 Å². The van der Waals surface area contributed by atoms with E-state index in [2.05, 4.69) is 10.4 Å². The molecule has 0 atom stereocenters. The Balaban J connectivity index is 2.46. The van der Waals surface area contributed by atoms with Crippen molar-refractivity contribution < 1.29 is 8.78 Å². The van der Waals surface area contributed by atoms with Crippen LogP contribution in [0.1, 0.15) is 5.69 Å². The molecule has 18 heavy (non-hydrogen) atoms. The molecule has 2 rings (SSSR count). The molecule has 1 aromatic carbocycles. The second-order valence-corrected chi connectivity index (χ2v) is 4.25. The summed E-state index contributed by atoms with van der Waals surface area (Å²) in [6.07, 6.45) is 0. The molecule has 0 fully saturated rings. The van der Waals surface area contributed by atoms with E-state index >= 15 is 0 Å². The summed E-state index contributed by atoms with van der Waals surface area (Å²) >= 11 is 5.78. The highest BCUT2D eigenvalue weighted by molar-refractivity contribution is 6.33. The maximum Gasteiger partial charge on any atom is 0.152 e. The number of rotatable bonds is 2. The third kappa shape index (κ3) is 2.11. The first-order valence-corrected chi connectivity index (χ1v) is 5.48. The number of nitrogen functional groups attached to an aromatic ring is 1. The molecule has 1 aromatic heterocycles. The molecule has 4 nitrogen and oxygen atoms in total. The van der Waals surface area contributed by atoms with E-state index in [1.165, 1.54) is 4.68 Å². The fraction of sp³-hybridized carbons (Fsp3) is 0.182. The maximum atomic E-state index is 13.6. The van der Waals surface area contributed by atoms with E-state index in [1.807, 2.05) is 0 Å². The summed E-state index contributed by atoms with van der Waals surface area (Å²) in [5.74, 6) is -1.13. The predicted octanol–water partition coefficient (Wildman–Crippen LogP) is 2.99. The first-order valence-electron chi connectivity index (χ1n) is 5.10. The van der Waals surface area contributed by atoms with Crippen molar-refractivity contribution in [2.75, 3.05) is 11.1 Å². The molecule has 0 aliphatic carbocycles. The summed E-state index contributed by atoms with van der Waals surface area (Å²) in [6, 6.07) is 1.76. The van der Waals surface area contributed by atoms with Gasteiger partial charge in [-0.3, -0.25) is 4.68 Å². The van der Waals surface area contributed by atoms with Gasteiger partial charge in [0.2, 0.25) is 0 Å². The molecule has 1 heterocycles. The van der Waals surface area contributed by atoms with Crippen LogP contribution in [0.25, 0.3) is 0 Å². The fourth-order valence-corrected chi connectivity index (χ4v) is 1.84. The molecule has 0 aliphatic heterocycles. The van der Waals surface area contributed by atoms with Gasteiger partial charge in [0.15, 0.2) is 11.6 Å². The van der Waals surface area contributed by atoms with Gasteiger partial charge in [-0.1, -0.05) is 11.6 Å². The van der Waals surface area contributed by atoms with Crippen molar-refractivity contribution >= 4 is 28.8 Å². The Kier molecular flexibility index (Phi) is 3.13. The van der Waals surface area contributed by atoms with E-state index in [0.717, 1.165) is 12.1 Å². The number of anilines is 3. The first-order chi connectivity index (χ1) is 8.40. The van der Waals surface area contributed by atoms with E-state index in [0.29, 0.717) is 17.2 Å². The number of nitrogens with two attached hydrogens (primary N) is 1. The quantitative estimate of drug-likeness (QED) is 0.884. The lowest BCUT2D eigenvalue weighted by Gasteiger charge is -2.10. The van der Waals surface area contributed by atoms with Crippen molar-refractivity contribution in [3.05, 3.63) is 34.5 Å². The summed E-state index contributed by atoms with van der Waals surface area (Å²) in [4.78, 5) is 0. The molecule has 0 spiro atoms. The summed E-state index contributed by atoms with van der Waals surface area (Å²) < 4.78 is 28.0. The lowest BCUT2D eigenvalue weighted by atomic mass is 10.3. The molecule has 0 saturated heterocycles. The minimum Gasteiger partial charge on any atom is -0.394 e. The SMILES string of the molecule is Cc1nn(C)c(Nc2c(F)cc(F)cc2Cl)c1N. The number of aryl methyl sites for hydroxylation is 2. The highest BCUT2D eigenvalue weighted by Gasteiger charge is 2.15. The Morgan fingerprint density at radius 1 is 1.39 bits per heavy atom. The van der Waals surface area contributed by atoms with Crippen LogP contribution in [0.3, 0.4) is 0 Å². The average molecular weight is 273 g/mol. The molecule has 0 aliphatic rings. The third-order valence-corrected chi connectivity index (χ3v) is 2.82. The van der Waals surface area contributed by atoms with Gasteiger partial charge in [-0.2, -0.15) is 5.10 Å². The molecule has 0 saturated carbocycles. The third-order valence-electron chi connectivity index (χ3n) is 2.52. The van der Waals surface area contributed by atoms with Gasteiger partial charge in [-0.15, -0.1) is 0 Å². The van der Waals surface area contributed by atoms with Crippen LogP contribution >= 0.6 is 11.6 Å². The van der Waals surface area contributed by atoms with E-state index in [1.54, 1.807) is 14.0 Å². The topological polar surface area (TPSA) is 55.9 Å². The summed E-state index contributed by atoms with van der Waals surface area (Å²) in [6.45, 7) is 1.73. The smallest absolute Gasteiger partial charge is 0.152 e. The molecular weight excluding hydrogens is 262 g/mol. The second kappa shape index (κ2) is 4.45. The number of halogens is 3. The van der Waals surface area contributed by atoms with E-state index in [-0.39, 0.29) is 10.7 Å². The largest absolute Gasteiger partial charge is 0.394 e. The number of benzene rings is 1. The zero-order valence-corrected chi connectivity index (χ0v) is 10.5. The maximum absolute atomic E-state index is 13.6. The van der Waals surface area contributed by atoms with Crippen molar-refractivity contribution in [2.24, 2.45) is 7.05 Å². The van der Waals surface area contributed by atoms with E-state index in [4.69, 9.17) is 17.3 Å². The van der Waals surface area contributed by atoms with Crippen LogP contribution in [-0.4, -0.2) is 9.78 Å². The van der Waals surface area contributed by atoms with E-state index in [9.17, 15) is 8.78 Å².